The Morgan fingerprint density at radius 3 is 2.65 bits per heavy atom. The first-order chi connectivity index (χ1) is 7.67. The molecule has 0 unspecified atom stereocenters. The number of amides is 1. The molecule has 0 radical (unpaired) electrons. The molecule has 1 atom stereocenters. The van der Waals surface area contributed by atoms with E-state index in [0.29, 0.717) is 0 Å². The van der Waals surface area contributed by atoms with E-state index in [2.05, 4.69) is 11.1 Å². The molecule has 1 saturated heterocycles. The van der Waals surface area contributed by atoms with E-state index >= 15 is 0 Å². The highest BCUT2D eigenvalue weighted by Crippen LogP contribution is 2.29. The summed E-state index contributed by atoms with van der Waals surface area (Å²) in [5.74, 6) is 0. The first-order valence-corrected chi connectivity index (χ1v) is 5.41. The molecule has 0 aromatic carbocycles. The first-order valence-electron chi connectivity index (χ1n) is 5.41. The lowest BCUT2D eigenvalue weighted by Crippen LogP contribution is -2.49. The summed E-state index contributed by atoms with van der Waals surface area (Å²) in [6.45, 7) is 8.96. The zero-order chi connectivity index (χ0) is 13.3. The Hall–Kier alpha value is -1.48. The Bertz CT molecular complexity index is 362. The zero-order valence-corrected chi connectivity index (χ0v) is 10.8. The first kappa shape index (κ1) is 13.6. The SMILES string of the molecule is CC(C)(C)OC(=O)N1[C@H](C#[N+][O-])COC1(C)C. The van der Waals surface area contributed by atoms with Crippen LogP contribution in [0, 0.1) is 11.3 Å². The third kappa shape index (κ3) is 3.24. The van der Waals surface area contributed by atoms with E-state index < -0.39 is 23.5 Å². The Morgan fingerprint density at radius 1 is 1.59 bits per heavy atom. The average Bonchev–Trinajstić information content (AvgIpc) is 2.39. The summed E-state index contributed by atoms with van der Waals surface area (Å²) in [6, 6.07) is 1.69. The van der Waals surface area contributed by atoms with Gasteiger partial charge in [-0.3, -0.25) is 4.90 Å². The predicted molar refractivity (Wildman–Crippen MR) is 62.5 cm³/mol. The van der Waals surface area contributed by atoms with Crippen LogP contribution in [0.3, 0.4) is 0 Å². The normalized spacial score (nSPS) is 22.9. The van der Waals surface area contributed by atoms with Gasteiger partial charge in [0.25, 0.3) is 0 Å². The van der Waals surface area contributed by atoms with Gasteiger partial charge in [0.1, 0.15) is 11.3 Å². The van der Waals surface area contributed by atoms with Crippen LogP contribution in [0.2, 0.25) is 0 Å². The van der Waals surface area contributed by atoms with Crippen LogP contribution in [0.1, 0.15) is 34.6 Å². The lowest BCUT2D eigenvalue weighted by molar-refractivity contribution is -0.0608. The molecule has 6 nitrogen and oxygen atoms in total. The third-order valence-corrected chi connectivity index (χ3v) is 2.28. The summed E-state index contributed by atoms with van der Waals surface area (Å²) >= 11 is 0. The van der Waals surface area contributed by atoms with Crippen LogP contribution in [-0.2, 0) is 9.47 Å². The number of hydrogen-bond acceptors (Lipinski definition) is 4. The van der Waals surface area contributed by atoms with Gasteiger partial charge in [-0.15, -0.1) is 0 Å². The molecular weight excluding hydrogens is 224 g/mol. The highest BCUT2D eigenvalue weighted by Gasteiger charge is 2.47. The number of nitrogens with zero attached hydrogens (tertiary/aromatic N) is 2. The van der Waals surface area contributed by atoms with Gasteiger partial charge in [0.05, 0.1) is 6.61 Å². The molecule has 1 amide bonds. The molecule has 0 spiro atoms. The minimum atomic E-state index is -0.829. The lowest BCUT2D eigenvalue weighted by atomic mass is 10.2. The molecule has 0 N–H and O–H groups in total. The highest BCUT2D eigenvalue weighted by molar-refractivity contribution is 5.70. The van der Waals surface area contributed by atoms with Crippen molar-refractivity contribution in [3.05, 3.63) is 10.2 Å². The standard InChI is InChI=1S/C11H18N2O4/c1-10(2,3)17-9(14)13-8(6-12-15)7-16-11(13,4)5/h8H,7H2,1-5H3/t8-/m1/s1. The number of carbonyl (C=O) groups excluding carboxylic acids is 1. The summed E-state index contributed by atoms with van der Waals surface area (Å²) in [6.07, 6.45) is -0.541. The molecule has 1 fully saturated rings. The van der Waals surface area contributed by atoms with Gasteiger partial charge >= 0.3 is 12.2 Å². The molecule has 1 aliphatic rings. The Morgan fingerprint density at radius 2 is 2.18 bits per heavy atom. The van der Waals surface area contributed by atoms with Crippen LogP contribution < -0.4 is 0 Å². The van der Waals surface area contributed by atoms with E-state index in [1.807, 2.05) is 0 Å². The van der Waals surface area contributed by atoms with Gasteiger partial charge in [-0.2, -0.15) is 0 Å². The smallest absolute Gasteiger partial charge is 0.413 e. The molecule has 0 aromatic rings. The van der Waals surface area contributed by atoms with E-state index in [-0.39, 0.29) is 6.61 Å². The van der Waals surface area contributed by atoms with E-state index in [1.165, 1.54) is 4.90 Å². The molecule has 0 saturated carbocycles. The summed E-state index contributed by atoms with van der Waals surface area (Å²) in [5.41, 5.74) is -1.43. The van der Waals surface area contributed by atoms with Gasteiger partial charge in [0.15, 0.2) is 6.04 Å². The second kappa shape index (κ2) is 4.41. The summed E-state index contributed by atoms with van der Waals surface area (Å²) in [7, 11) is 0. The fourth-order valence-electron chi connectivity index (χ4n) is 1.62. The maximum atomic E-state index is 12.0. The highest BCUT2D eigenvalue weighted by atomic mass is 16.6. The molecule has 6 heteroatoms. The molecule has 1 rings (SSSR count). The summed E-state index contributed by atoms with van der Waals surface area (Å²) < 4.78 is 10.7. The zero-order valence-electron chi connectivity index (χ0n) is 10.8. The van der Waals surface area contributed by atoms with Crippen LogP contribution in [0.5, 0.6) is 0 Å². The van der Waals surface area contributed by atoms with Crippen molar-refractivity contribution in [3.63, 3.8) is 0 Å². The number of carbonyl (C=O) groups is 1. The number of hydrogen-bond donors (Lipinski definition) is 0. The molecule has 17 heavy (non-hydrogen) atoms. The van der Waals surface area contributed by atoms with E-state index in [0.717, 1.165) is 0 Å². The van der Waals surface area contributed by atoms with Crippen LogP contribution in [0.4, 0.5) is 4.79 Å². The molecule has 1 heterocycles. The molecular formula is C11H18N2O4. The monoisotopic (exact) mass is 242 g/mol. The van der Waals surface area contributed by atoms with Gasteiger partial charge < -0.3 is 14.7 Å². The van der Waals surface area contributed by atoms with Crippen LogP contribution in [0.25, 0.3) is 5.01 Å². The van der Waals surface area contributed by atoms with Crippen molar-refractivity contribution in [1.82, 2.24) is 4.90 Å². The van der Waals surface area contributed by atoms with Gasteiger partial charge in [0.2, 0.25) is 0 Å². The van der Waals surface area contributed by atoms with Crippen molar-refractivity contribution in [1.29, 1.82) is 0 Å². The number of ether oxygens (including phenoxy) is 2. The van der Waals surface area contributed by atoms with Crippen molar-refractivity contribution < 1.29 is 14.3 Å². The maximum Gasteiger partial charge on any atom is 0.413 e. The fourth-order valence-corrected chi connectivity index (χ4v) is 1.62. The molecule has 0 bridgehead atoms. The van der Waals surface area contributed by atoms with Crippen LogP contribution in [0.15, 0.2) is 0 Å². The summed E-state index contributed by atoms with van der Waals surface area (Å²) in [4.78, 5) is 13.3. The minimum Gasteiger partial charge on any atom is -0.498 e. The van der Waals surface area contributed by atoms with E-state index in [4.69, 9.17) is 9.47 Å². The lowest BCUT2D eigenvalue weighted by Gasteiger charge is -2.32. The third-order valence-electron chi connectivity index (χ3n) is 2.28. The van der Waals surface area contributed by atoms with Crippen LogP contribution >= 0.6 is 0 Å². The average molecular weight is 242 g/mol. The van der Waals surface area contributed by atoms with Gasteiger partial charge in [-0.25, -0.2) is 4.79 Å². The second-order valence-electron chi connectivity index (χ2n) is 5.34. The Balaban J connectivity index is 2.89. The van der Waals surface area contributed by atoms with E-state index in [9.17, 15) is 10.0 Å². The van der Waals surface area contributed by atoms with Gasteiger partial charge in [0, 0.05) is 5.01 Å². The second-order valence-corrected chi connectivity index (χ2v) is 5.34. The Labute approximate surface area is 101 Å². The molecule has 0 aromatic heterocycles. The fraction of sp³-hybridized carbons (Fsp3) is 0.818. The Kier molecular flexibility index (Phi) is 3.53. The topological polar surface area (TPSA) is 66.2 Å². The summed E-state index contributed by atoms with van der Waals surface area (Å²) in [5, 5.41) is 12.8. The molecule has 0 aliphatic carbocycles. The largest absolute Gasteiger partial charge is 0.498 e. The maximum absolute atomic E-state index is 12.0. The van der Waals surface area contributed by atoms with Crippen molar-refractivity contribution >= 4 is 6.09 Å². The van der Waals surface area contributed by atoms with Crippen molar-refractivity contribution in [2.24, 2.45) is 0 Å². The van der Waals surface area contributed by atoms with Crippen molar-refractivity contribution in [2.45, 2.75) is 52.0 Å². The van der Waals surface area contributed by atoms with Gasteiger partial charge in [-0.1, -0.05) is 0 Å². The van der Waals surface area contributed by atoms with Crippen molar-refractivity contribution in [2.75, 3.05) is 6.61 Å². The van der Waals surface area contributed by atoms with E-state index in [1.54, 1.807) is 34.6 Å². The number of rotatable bonds is 0. The molecule has 96 valence electrons. The quantitative estimate of drug-likeness (QED) is 0.611. The minimum absolute atomic E-state index is 0.192. The van der Waals surface area contributed by atoms with Crippen LogP contribution in [-0.4, -0.2) is 35.0 Å². The van der Waals surface area contributed by atoms with Gasteiger partial charge in [-0.05, 0) is 34.6 Å². The molecule has 1 aliphatic heterocycles. The van der Waals surface area contributed by atoms with Crippen molar-refractivity contribution in [3.8, 4) is 6.07 Å². The predicted octanol–water partition coefficient (Wildman–Crippen LogP) is 2.19.